The fraction of sp³-hybridized carbons (Fsp3) is 0.882. The van der Waals surface area contributed by atoms with Crippen LogP contribution in [0, 0.1) is 0 Å². The normalized spacial score (nSPS) is 11.5. The second-order valence-corrected chi connectivity index (χ2v) is 5.91. The molecule has 0 aliphatic carbocycles. The molecule has 0 aromatic rings. The molecule has 22 heavy (non-hydrogen) atoms. The van der Waals surface area contributed by atoms with E-state index in [2.05, 4.69) is 12.2 Å². The summed E-state index contributed by atoms with van der Waals surface area (Å²) in [5.41, 5.74) is 0. The van der Waals surface area contributed by atoms with E-state index in [-0.39, 0.29) is 35.5 Å². The number of nitrogens with one attached hydrogen (secondary N) is 1. The van der Waals surface area contributed by atoms with E-state index in [4.69, 9.17) is 5.11 Å². The van der Waals surface area contributed by atoms with Crippen molar-refractivity contribution in [2.75, 3.05) is 0 Å². The number of aliphatic carboxylic acids is 1. The van der Waals surface area contributed by atoms with Gasteiger partial charge in [-0.25, -0.2) is 0 Å². The predicted octanol–water partition coefficient (Wildman–Crippen LogP) is 3.63. The number of carbonyl (C=O) groups is 2. The van der Waals surface area contributed by atoms with E-state index in [1.807, 2.05) is 0 Å². The molecule has 4 nitrogen and oxygen atoms in total. The van der Waals surface area contributed by atoms with E-state index < -0.39 is 12.0 Å². The van der Waals surface area contributed by atoms with Crippen LogP contribution < -0.4 is 5.32 Å². The van der Waals surface area contributed by atoms with Gasteiger partial charge in [0.1, 0.15) is 6.04 Å². The SMILES string of the molecule is CCCCCCCCCCCCCC(=O)N[C@@H](C)C(=O)O.[NaH]. The Morgan fingerprint density at radius 3 is 1.68 bits per heavy atom. The predicted molar refractivity (Wildman–Crippen MR) is 93.5 cm³/mol. The van der Waals surface area contributed by atoms with Crippen molar-refractivity contribution in [1.82, 2.24) is 5.32 Å². The molecule has 0 rings (SSSR count). The van der Waals surface area contributed by atoms with Crippen molar-refractivity contribution in [3.05, 3.63) is 0 Å². The molecule has 0 aliphatic heterocycles. The third-order valence-corrected chi connectivity index (χ3v) is 3.76. The van der Waals surface area contributed by atoms with Gasteiger partial charge < -0.3 is 10.4 Å². The van der Waals surface area contributed by atoms with Crippen LogP contribution in [-0.2, 0) is 9.59 Å². The van der Waals surface area contributed by atoms with Crippen molar-refractivity contribution in [2.45, 2.75) is 96.9 Å². The van der Waals surface area contributed by atoms with E-state index >= 15 is 0 Å². The summed E-state index contributed by atoms with van der Waals surface area (Å²) in [5, 5.41) is 11.2. The molecule has 0 saturated carbocycles. The second kappa shape index (κ2) is 17.3. The minimum absolute atomic E-state index is 0. The quantitative estimate of drug-likeness (QED) is 0.379. The van der Waals surface area contributed by atoms with Gasteiger partial charge in [0.25, 0.3) is 0 Å². The summed E-state index contributed by atoms with van der Waals surface area (Å²) in [6.45, 7) is 3.73. The number of carboxylic acids is 1. The molecule has 5 heteroatoms. The molecule has 0 bridgehead atoms. The molecule has 0 radical (unpaired) electrons. The van der Waals surface area contributed by atoms with Crippen LogP contribution in [0.15, 0.2) is 0 Å². The summed E-state index contributed by atoms with van der Waals surface area (Å²) in [5.74, 6) is -1.14. The molecule has 0 saturated heterocycles. The van der Waals surface area contributed by atoms with Crippen molar-refractivity contribution in [3.63, 3.8) is 0 Å². The summed E-state index contributed by atoms with van der Waals surface area (Å²) in [7, 11) is 0. The van der Waals surface area contributed by atoms with Crippen LogP contribution in [0.5, 0.6) is 0 Å². The first-order valence-electron chi connectivity index (χ1n) is 8.60. The van der Waals surface area contributed by atoms with E-state index in [1.54, 1.807) is 0 Å². The number of carboxylic acid groups (broad SMARTS) is 1. The molecule has 1 amide bonds. The molecule has 0 fully saturated rings. The van der Waals surface area contributed by atoms with Crippen LogP contribution in [0.1, 0.15) is 90.9 Å². The fourth-order valence-corrected chi connectivity index (χ4v) is 2.33. The van der Waals surface area contributed by atoms with Crippen LogP contribution in [0.4, 0.5) is 0 Å². The molecule has 126 valence electrons. The van der Waals surface area contributed by atoms with Gasteiger partial charge in [0, 0.05) is 6.42 Å². The zero-order chi connectivity index (χ0) is 15.9. The second-order valence-electron chi connectivity index (χ2n) is 5.91. The Kier molecular flexibility index (Phi) is 19.0. The van der Waals surface area contributed by atoms with Crippen molar-refractivity contribution < 1.29 is 14.7 Å². The van der Waals surface area contributed by atoms with Gasteiger partial charge in [-0.05, 0) is 13.3 Å². The first-order valence-corrected chi connectivity index (χ1v) is 8.60. The summed E-state index contributed by atoms with van der Waals surface area (Å²) in [4.78, 5) is 22.0. The summed E-state index contributed by atoms with van der Waals surface area (Å²) >= 11 is 0. The topological polar surface area (TPSA) is 66.4 Å². The third-order valence-electron chi connectivity index (χ3n) is 3.76. The third kappa shape index (κ3) is 16.3. The first-order chi connectivity index (χ1) is 10.1. The van der Waals surface area contributed by atoms with E-state index in [9.17, 15) is 9.59 Å². The van der Waals surface area contributed by atoms with E-state index in [0.717, 1.165) is 12.8 Å². The minimum atomic E-state index is -0.984. The number of carbonyl (C=O) groups excluding carboxylic acids is 1. The van der Waals surface area contributed by atoms with Gasteiger partial charge in [-0.2, -0.15) is 0 Å². The number of hydrogen-bond acceptors (Lipinski definition) is 2. The Morgan fingerprint density at radius 2 is 1.27 bits per heavy atom. The molecule has 0 aromatic heterocycles. The summed E-state index contributed by atoms with van der Waals surface area (Å²) in [6.07, 6.45) is 14.2. The molecule has 0 aromatic carbocycles. The number of hydrogen-bond donors (Lipinski definition) is 2. The van der Waals surface area contributed by atoms with Crippen LogP contribution >= 0.6 is 0 Å². The Morgan fingerprint density at radius 1 is 0.864 bits per heavy atom. The monoisotopic (exact) mass is 323 g/mol. The Balaban J connectivity index is 0. The summed E-state index contributed by atoms with van der Waals surface area (Å²) < 4.78 is 0. The van der Waals surface area contributed by atoms with Gasteiger partial charge in [0.05, 0.1) is 0 Å². The van der Waals surface area contributed by atoms with Gasteiger partial charge in [0.15, 0.2) is 0 Å². The molecular formula is C17H34NNaO3. The van der Waals surface area contributed by atoms with Gasteiger partial charge in [-0.3, -0.25) is 9.59 Å². The van der Waals surface area contributed by atoms with E-state index in [1.165, 1.54) is 64.7 Å². The molecule has 0 spiro atoms. The number of unbranched alkanes of at least 4 members (excludes halogenated alkanes) is 10. The Bertz CT molecular complexity index is 285. The van der Waals surface area contributed by atoms with Gasteiger partial charge in [-0.1, -0.05) is 71.1 Å². The Hall–Kier alpha value is -0.0600. The molecule has 1 atom stereocenters. The molecule has 0 aliphatic rings. The summed E-state index contributed by atoms with van der Waals surface area (Å²) in [6, 6.07) is -0.787. The maximum absolute atomic E-state index is 11.4. The van der Waals surface area contributed by atoms with Crippen molar-refractivity contribution in [2.24, 2.45) is 0 Å². The maximum atomic E-state index is 11.4. The standard InChI is InChI=1S/C17H33NO3.Na.H/c1-3-4-5-6-7-8-9-10-11-12-13-14-16(19)18-15(2)17(20)21;;/h15H,3-14H2,1-2H3,(H,18,19)(H,20,21);;/t15-;;/m0../s1. The van der Waals surface area contributed by atoms with Gasteiger partial charge >= 0.3 is 35.5 Å². The van der Waals surface area contributed by atoms with Crippen LogP contribution in [0.2, 0.25) is 0 Å². The van der Waals surface area contributed by atoms with Crippen molar-refractivity contribution >= 4 is 41.4 Å². The average Bonchev–Trinajstić information content (AvgIpc) is 2.44. The first kappa shape index (κ1) is 24.2. The fourth-order valence-electron chi connectivity index (χ4n) is 2.33. The van der Waals surface area contributed by atoms with Gasteiger partial charge in [0.2, 0.25) is 5.91 Å². The van der Waals surface area contributed by atoms with Crippen LogP contribution in [0.3, 0.4) is 0 Å². The van der Waals surface area contributed by atoms with E-state index in [0.29, 0.717) is 6.42 Å². The van der Waals surface area contributed by atoms with Crippen molar-refractivity contribution in [3.8, 4) is 0 Å². The molecule has 0 unspecified atom stereocenters. The number of amides is 1. The Labute approximate surface area is 158 Å². The zero-order valence-corrected chi connectivity index (χ0v) is 13.8. The van der Waals surface area contributed by atoms with Gasteiger partial charge in [-0.15, -0.1) is 0 Å². The average molecular weight is 323 g/mol. The number of rotatable bonds is 14. The molecule has 2 N–H and O–H groups in total. The van der Waals surface area contributed by atoms with Crippen LogP contribution in [-0.4, -0.2) is 52.6 Å². The zero-order valence-electron chi connectivity index (χ0n) is 13.8. The van der Waals surface area contributed by atoms with Crippen molar-refractivity contribution in [1.29, 1.82) is 0 Å². The molecule has 0 heterocycles. The van der Waals surface area contributed by atoms with Crippen LogP contribution in [0.25, 0.3) is 0 Å². The molecular weight excluding hydrogens is 289 g/mol.